The van der Waals surface area contributed by atoms with E-state index in [-0.39, 0.29) is 16.7 Å². The molecule has 5 heteroatoms. The maximum Gasteiger partial charge on any atom is 0.295 e. The zero-order valence-electron chi connectivity index (χ0n) is 9.81. The zero-order chi connectivity index (χ0) is 12.3. The molecule has 1 aromatic carbocycles. The first-order valence-electron chi connectivity index (χ1n) is 5.77. The fourth-order valence-electron chi connectivity index (χ4n) is 2.09. The molecule has 0 spiro atoms. The number of aryl methyl sites for hydroxylation is 1. The first-order chi connectivity index (χ1) is 8.18. The lowest BCUT2D eigenvalue weighted by Crippen LogP contribution is -2.30. The van der Waals surface area contributed by atoms with E-state index in [1.165, 1.54) is 0 Å². The summed E-state index contributed by atoms with van der Waals surface area (Å²) in [6, 6.07) is 5.50. The van der Waals surface area contributed by atoms with Gasteiger partial charge in [0.1, 0.15) is 5.69 Å². The maximum atomic E-state index is 11.0. The van der Waals surface area contributed by atoms with Gasteiger partial charge >= 0.3 is 0 Å². The summed E-state index contributed by atoms with van der Waals surface area (Å²) in [6.45, 7) is 3.15. The first-order valence-corrected chi connectivity index (χ1v) is 5.77. The Labute approximate surface area is 99.9 Å². The maximum absolute atomic E-state index is 11.0. The summed E-state index contributed by atoms with van der Waals surface area (Å²) < 4.78 is 5.35. The smallest absolute Gasteiger partial charge is 0.295 e. The number of nitrogens with zero attached hydrogens (tertiary/aromatic N) is 1. The van der Waals surface area contributed by atoms with Gasteiger partial charge in [0.25, 0.3) is 5.69 Å². The highest BCUT2D eigenvalue weighted by Crippen LogP contribution is 2.29. The number of hydrogen-bond acceptors (Lipinski definition) is 4. The number of nitrogens with one attached hydrogen (secondary N) is 1. The van der Waals surface area contributed by atoms with Crippen molar-refractivity contribution in [3.05, 3.63) is 33.9 Å². The van der Waals surface area contributed by atoms with Crippen LogP contribution in [0.15, 0.2) is 18.2 Å². The molecule has 92 valence electrons. The molecule has 0 amide bonds. The van der Waals surface area contributed by atoms with Gasteiger partial charge in [-0.25, -0.2) is 0 Å². The Morgan fingerprint density at radius 2 is 2.35 bits per heavy atom. The molecular formula is C12H16N2O3. The molecule has 1 unspecified atom stereocenters. The van der Waals surface area contributed by atoms with Crippen molar-refractivity contribution < 1.29 is 9.66 Å². The Morgan fingerprint density at radius 1 is 1.53 bits per heavy atom. The van der Waals surface area contributed by atoms with Crippen LogP contribution < -0.4 is 5.32 Å². The van der Waals surface area contributed by atoms with Crippen LogP contribution in [0.1, 0.15) is 18.4 Å². The third-order valence-corrected chi connectivity index (χ3v) is 2.94. The third kappa shape index (κ3) is 2.74. The van der Waals surface area contributed by atoms with Gasteiger partial charge in [-0.1, -0.05) is 12.1 Å². The average Bonchev–Trinajstić information content (AvgIpc) is 2.30. The highest BCUT2D eigenvalue weighted by molar-refractivity contribution is 5.65. The molecule has 2 rings (SSSR count). The van der Waals surface area contributed by atoms with Crippen molar-refractivity contribution >= 4 is 11.4 Å². The van der Waals surface area contributed by atoms with Crippen LogP contribution in [0.5, 0.6) is 0 Å². The standard InChI is InChI=1S/C12H16N2O3/c1-9-4-2-6-11(12(9)14(15)16)13-10-5-3-7-17-8-10/h2,4,6,10,13H,3,5,7-8H2,1H3. The fraction of sp³-hybridized carbons (Fsp3) is 0.500. The van der Waals surface area contributed by atoms with Crippen molar-refractivity contribution in [2.75, 3.05) is 18.5 Å². The van der Waals surface area contributed by atoms with Gasteiger partial charge < -0.3 is 10.1 Å². The van der Waals surface area contributed by atoms with Crippen LogP contribution in [-0.2, 0) is 4.74 Å². The number of nitro benzene ring substituents is 1. The van der Waals surface area contributed by atoms with Gasteiger partial charge in [0.05, 0.1) is 11.5 Å². The van der Waals surface area contributed by atoms with Crippen LogP contribution in [0.25, 0.3) is 0 Å². The Hall–Kier alpha value is -1.62. The topological polar surface area (TPSA) is 64.4 Å². The minimum Gasteiger partial charge on any atom is -0.379 e. The summed E-state index contributed by atoms with van der Waals surface area (Å²) in [6.07, 6.45) is 1.99. The normalized spacial score (nSPS) is 19.9. The highest BCUT2D eigenvalue weighted by Gasteiger charge is 2.20. The van der Waals surface area contributed by atoms with Gasteiger partial charge in [-0.05, 0) is 25.8 Å². The van der Waals surface area contributed by atoms with Crippen LogP contribution in [-0.4, -0.2) is 24.2 Å². The molecule has 1 N–H and O–H groups in total. The number of para-hydroxylation sites is 1. The van der Waals surface area contributed by atoms with E-state index in [0.717, 1.165) is 19.4 Å². The van der Waals surface area contributed by atoms with Gasteiger partial charge in [-0.15, -0.1) is 0 Å². The molecule has 1 aliphatic rings. The Kier molecular flexibility index (Phi) is 3.58. The van der Waals surface area contributed by atoms with Crippen LogP contribution in [0.4, 0.5) is 11.4 Å². The summed E-state index contributed by atoms with van der Waals surface area (Å²) in [5.74, 6) is 0. The molecule has 0 saturated carbocycles. The van der Waals surface area contributed by atoms with Crippen molar-refractivity contribution in [1.82, 2.24) is 0 Å². The lowest BCUT2D eigenvalue weighted by molar-refractivity contribution is -0.384. The molecule has 17 heavy (non-hydrogen) atoms. The Morgan fingerprint density at radius 3 is 3.00 bits per heavy atom. The van der Waals surface area contributed by atoms with Crippen molar-refractivity contribution in [3.63, 3.8) is 0 Å². The molecule has 1 fully saturated rings. The van der Waals surface area contributed by atoms with Gasteiger partial charge in [0.2, 0.25) is 0 Å². The second-order valence-electron chi connectivity index (χ2n) is 4.29. The number of benzene rings is 1. The molecule has 5 nitrogen and oxygen atoms in total. The van der Waals surface area contributed by atoms with E-state index in [9.17, 15) is 10.1 Å². The van der Waals surface area contributed by atoms with Gasteiger partial charge in [0.15, 0.2) is 0 Å². The molecule has 1 atom stereocenters. The monoisotopic (exact) mass is 236 g/mol. The van der Waals surface area contributed by atoms with Crippen molar-refractivity contribution in [1.29, 1.82) is 0 Å². The molecule has 1 aliphatic heterocycles. The summed E-state index contributed by atoms with van der Waals surface area (Å²) >= 11 is 0. The van der Waals surface area contributed by atoms with Gasteiger partial charge in [-0.3, -0.25) is 10.1 Å². The molecule has 1 aromatic rings. The van der Waals surface area contributed by atoms with Crippen LogP contribution >= 0.6 is 0 Å². The first kappa shape index (κ1) is 11.9. The number of nitro groups is 1. The summed E-state index contributed by atoms with van der Waals surface area (Å²) in [7, 11) is 0. The van der Waals surface area contributed by atoms with E-state index in [2.05, 4.69) is 5.32 Å². The lowest BCUT2D eigenvalue weighted by atomic mass is 10.1. The predicted octanol–water partition coefficient (Wildman–Crippen LogP) is 2.49. The molecular weight excluding hydrogens is 220 g/mol. The quantitative estimate of drug-likeness (QED) is 0.647. The summed E-state index contributed by atoms with van der Waals surface area (Å²) in [5.41, 5.74) is 1.43. The van der Waals surface area contributed by atoms with Gasteiger partial charge in [0, 0.05) is 18.2 Å². The Balaban J connectivity index is 2.19. The average molecular weight is 236 g/mol. The second kappa shape index (κ2) is 5.14. The summed E-state index contributed by atoms with van der Waals surface area (Å²) in [4.78, 5) is 10.7. The molecule has 0 aromatic heterocycles. The summed E-state index contributed by atoms with van der Waals surface area (Å²) in [5, 5.41) is 14.2. The lowest BCUT2D eigenvalue weighted by Gasteiger charge is -2.24. The van der Waals surface area contributed by atoms with Crippen molar-refractivity contribution in [3.8, 4) is 0 Å². The molecule has 0 aliphatic carbocycles. The second-order valence-corrected chi connectivity index (χ2v) is 4.29. The van der Waals surface area contributed by atoms with E-state index >= 15 is 0 Å². The van der Waals surface area contributed by atoms with Crippen LogP contribution in [0.2, 0.25) is 0 Å². The molecule has 1 heterocycles. The Bertz CT molecular complexity index is 414. The largest absolute Gasteiger partial charge is 0.379 e. The van der Waals surface area contributed by atoms with E-state index < -0.39 is 0 Å². The van der Waals surface area contributed by atoms with Crippen LogP contribution in [0.3, 0.4) is 0 Å². The number of ether oxygens (including phenoxy) is 1. The van der Waals surface area contributed by atoms with E-state index in [1.54, 1.807) is 19.1 Å². The predicted molar refractivity (Wildman–Crippen MR) is 65.3 cm³/mol. The third-order valence-electron chi connectivity index (χ3n) is 2.94. The van der Waals surface area contributed by atoms with E-state index in [0.29, 0.717) is 17.9 Å². The SMILES string of the molecule is Cc1cccc(NC2CCCOC2)c1[N+](=O)[O-]. The zero-order valence-corrected chi connectivity index (χ0v) is 9.81. The highest BCUT2D eigenvalue weighted by atomic mass is 16.6. The van der Waals surface area contributed by atoms with Gasteiger partial charge in [-0.2, -0.15) is 0 Å². The molecule has 1 saturated heterocycles. The number of rotatable bonds is 3. The number of hydrogen-bond donors (Lipinski definition) is 1. The van der Waals surface area contributed by atoms with E-state index in [1.807, 2.05) is 6.07 Å². The number of anilines is 1. The van der Waals surface area contributed by atoms with E-state index in [4.69, 9.17) is 4.74 Å². The minimum atomic E-state index is -0.332. The van der Waals surface area contributed by atoms with Crippen molar-refractivity contribution in [2.24, 2.45) is 0 Å². The van der Waals surface area contributed by atoms with Crippen molar-refractivity contribution in [2.45, 2.75) is 25.8 Å². The fourth-order valence-corrected chi connectivity index (χ4v) is 2.09. The van der Waals surface area contributed by atoms with Crippen LogP contribution in [0, 0.1) is 17.0 Å². The molecule has 0 bridgehead atoms. The molecule has 0 radical (unpaired) electrons. The minimum absolute atomic E-state index is 0.165.